The summed E-state index contributed by atoms with van der Waals surface area (Å²) in [5.41, 5.74) is 0.862. The Morgan fingerprint density at radius 1 is 0.957 bits per heavy atom. The van der Waals surface area contributed by atoms with Gasteiger partial charge in [-0.05, 0) is 43.6 Å². The van der Waals surface area contributed by atoms with Crippen LogP contribution in [0, 0.1) is 0 Å². The lowest BCUT2D eigenvalue weighted by atomic mass is 9.98. The molecule has 0 unspecified atom stereocenters. The largest absolute Gasteiger partial charge is 0.380 e. The minimum absolute atomic E-state index is 0.411. The Bertz CT molecular complexity index is 724. The van der Waals surface area contributed by atoms with Crippen molar-refractivity contribution < 1.29 is 0 Å². The molecule has 0 amide bonds. The first-order valence-corrected chi connectivity index (χ1v) is 8.60. The summed E-state index contributed by atoms with van der Waals surface area (Å²) >= 11 is 5.87. The number of hydrogen-bond donors (Lipinski definition) is 1. The molecule has 122 valence electrons. The fraction of sp³-hybridized carbons (Fsp3) is 0.444. The van der Waals surface area contributed by atoms with E-state index in [1.807, 2.05) is 0 Å². The maximum atomic E-state index is 11.9. The van der Waals surface area contributed by atoms with Crippen LogP contribution in [0.25, 0.3) is 11.1 Å². The van der Waals surface area contributed by atoms with E-state index in [2.05, 4.69) is 10.2 Å². The third-order valence-electron chi connectivity index (χ3n) is 4.47. The highest BCUT2D eigenvalue weighted by Crippen LogP contribution is 2.24. The molecular formula is C18H21ClN2O2. The van der Waals surface area contributed by atoms with Crippen molar-refractivity contribution in [3.8, 4) is 11.1 Å². The molecule has 1 aliphatic heterocycles. The quantitative estimate of drug-likeness (QED) is 0.855. The van der Waals surface area contributed by atoms with Gasteiger partial charge in [0, 0.05) is 18.1 Å². The molecule has 1 N–H and O–H groups in total. The van der Waals surface area contributed by atoms with Crippen molar-refractivity contribution in [1.82, 2.24) is 4.90 Å². The van der Waals surface area contributed by atoms with Crippen LogP contribution in [0.2, 0.25) is 5.02 Å². The highest BCUT2D eigenvalue weighted by atomic mass is 35.5. The van der Waals surface area contributed by atoms with Gasteiger partial charge in [-0.1, -0.05) is 36.6 Å². The van der Waals surface area contributed by atoms with Crippen LogP contribution < -0.4 is 16.2 Å². The van der Waals surface area contributed by atoms with Crippen LogP contribution in [0.5, 0.6) is 0 Å². The second-order valence-corrected chi connectivity index (χ2v) is 6.53. The zero-order valence-electron chi connectivity index (χ0n) is 13.1. The second kappa shape index (κ2) is 7.28. The third kappa shape index (κ3) is 3.65. The fourth-order valence-electron chi connectivity index (χ4n) is 3.15. The summed E-state index contributed by atoms with van der Waals surface area (Å²) in [7, 11) is 0. The molecule has 23 heavy (non-hydrogen) atoms. The van der Waals surface area contributed by atoms with Crippen LogP contribution in [0.4, 0.5) is 5.69 Å². The van der Waals surface area contributed by atoms with Crippen LogP contribution in [-0.4, -0.2) is 31.1 Å². The van der Waals surface area contributed by atoms with Gasteiger partial charge in [0.2, 0.25) is 10.9 Å². The van der Waals surface area contributed by atoms with Gasteiger partial charge in [-0.2, -0.15) is 0 Å². The van der Waals surface area contributed by atoms with Gasteiger partial charge in [0.25, 0.3) is 0 Å². The lowest BCUT2D eigenvalue weighted by Crippen LogP contribution is -2.38. The van der Waals surface area contributed by atoms with Crippen molar-refractivity contribution in [1.29, 1.82) is 0 Å². The molecule has 2 aromatic carbocycles. The molecule has 0 aliphatic carbocycles. The Morgan fingerprint density at radius 2 is 1.61 bits per heavy atom. The summed E-state index contributed by atoms with van der Waals surface area (Å²) in [6, 6.07) is 7.01. The molecule has 0 atom stereocenters. The predicted molar refractivity (Wildman–Crippen MR) is 95.2 cm³/mol. The Labute approximate surface area is 140 Å². The second-order valence-electron chi connectivity index (χ2n) is 6.10. The molecule has 1 aliphatic rings. The van der Waals surface area contributed by atoms with Crippen molar-refractivity contribution in [3.05, 3.63) is 49.7 Å². The van der Waals surface area contributed by atoms with Crippen molar-refractivity contribution in [2.24, 2.45) is 0 Å². The highest BCUT2D eigenvalue weighted by molar-refractivity contribution is 6.30. The van der Waals surface area contributed by atoms with Crippen LogP contribution >= 0.6 is 11.6 Å². The summed E-state index contributed by atoms with van der Waals surface area (Å²) in [6.07, 6.45) is 5.11. The Kier molecular flexibility index (Phi) is 5.13. The predicted octanol–water partition coefficient (Wildman–Crippen LogP) is 2.89. The van der Waals surface area contributed by atoms with E-state index < -0.39 is 10.9 Å². The molecule has 1 saturated heterocycles. The van der Waals surface area contributed by atoms with Gasteiger partial charge in [0.15, 0.2) is 0 Å². The van der Waals surface area contributed by atoms with E-state index in [1.165, 1.54) is 25.7 Å². The van der Waals surface area contributed by atoms with Gasteiger partial charge in [0.05, 0.1) is 11.3 Å². The van der Waals surface area contributed by atoms with Crippen LogP contribution in [-0.2, 0) is 0 Å². The van der Waals surface area contributed by atoms with Gasteiger partial charge < -0.3 is 10.2 Å². The number of anilines is 1. The summed E-state index contributed by atoms with van der Waals surface area (Å²) in [4.78, 5) is 26.1. The molecule has 0 aromatic heterocycles. The molecule has 5 heteroatoms. The van der Waals surface area contributed by atoms with E-state index in [0.29, 0.717) is 22.8 Å². The fourth-order valence-corrected chi connectivity index (χ4v) is 3.28. The van der Waals surface area contributed by atoms with E-state index in [0.717, 1.165) is 25.2 Å². The minimum Gasteiger partial charge on any atom is -0.380 e. The highest BCUT2D eigenvalue weighted by Gasteiger charge is 2.22. The van der Waals surface area contributed by atoms with Crippen molar-refractivity contribution in [3.63, 3.8) is 0 Å². The Morgan fingerprint density at radius 3 is 2.26 bits per heavy atom. The first-order chi connectivity index (χ1) is 11.2. The van der Waals surface area contributed by atoms with Crippen molar-refractivity contribution in [2.75, 3.05) is 31.5 Å². The molecule has 1 fully saturated rings. The first-order valence-electron chi connectivity index (χ1n) is 8.22. The molecule has 4 nitrogen and oxygen atoms in total. The average molecular weight is 333 g/mol. The summed E-state index contributed by atoms with van der Waals surface area (Å²) in [5.74, 6) is 0. The molecule has 0 bridgehead atoms. The molecule has 0 radical (unpaired) electrons. The number of benzene rings is 1. The Hall–Kier alpha value is -1.65. The van der Waals surface area contributed by atoms with Crippen LogP contribution in [0.3, 0.4) is 0 Å². The SMILES string of the molecule is O=c1c(NCCN2CCCCCC2)c(-c2ccc(Cl)cc2)c1=O. The van der Waals surface area contributed by atoms with Gasteiger partial charge in [-0.3, -0.25) is 9.59 Å². The average Bonchev–Trinajstić information content (AvgIpc) is 2.84. The minimum atomic E-state index is -0.412. The van der Waals surface area contributed by atoms with E-state index in [1.54, 1.807) is 24.3 Å². The standard InChI is InChI=1S/C18H21ClN2O2/c19-14-7-5-13(6-8-14)15-16(18(23)17(15)22)20-9-12-21-10-3-1-2-4-11-21/h5-8,20H,1-4,9-12H2. The van der Waals surface area contributed by atoms with Crippen LogP contribution in [0.1, 0.15) is 25.7 Å². The number of halogens is 1. The maximum Gasteiger partial charge on any atom is 0.250 e. The zero-order valence-corrected chi connectivity index (χ0v) is 13.9. The van der Waals surface area contributed by atoms with E-state index in [4.69, 9.17) is 11.6 Å². The van der Waals surface area contributed by atoms with Gasteiger partial charge in [0.1, 0.15) is 0 Å². The molecule has 0 spiro atoms. The molecule has 1 heterocycles. The van der Waals surface area contributed by atoms with E-state index in [-0.39, 0.29) is 0 Å². The van der Waals surface area contributed by atoms with Crippen LogP contribution in [0.15, 0.2) is 33.9 Å². The zero-order chi connectivity index (χ0) is 16.2. The lowest BCUT2D eigenvalue weighted by molar-refractivity contribution is 0.296. The number of hydrogen-bond acceptors (Lipinski definition) is 4. The number of nitrogens with zero attached hydrogens (tertiary/aromatic N) is 1. The molecular weight excluding hydrogens is 312 g/mol. The van der Waals surface area contributed by atoms with Crippen molar-refractivity contribution >= 4 is 17.3 Å². The number of nitrogens with one attached hydrogen (secondary N) is 1. The van der Waals surface area contributed by atoms with Gasteiger partial charge >= 0.3 is 0 Å². The first kappa shape index (κ1) is 16.2. The van der Waals surface area contributed by atoms with E-state index >= 15 is 0 Å². The summed E-state index contributed by atoms with van der Waals surface area (Å²) < 4.78 is 0. The third-order valence-corrected chi connectivity index (χ3v) is 4.72. The normalized spacial score (nSPS) is 16.4. The van der Waals surface area contributed by atoms with E-state index in [9.17, 15) is 9.59 Å². The topological polar surface area (TPSA) is 49.4 Å². The van der Waals surface area contributed by atoms with Gasteiger partial charge in [-0.25, -0.2) is 0 Å². The van der Waals surface area contributed by atoms with Gasteiger partial charge in [-0.15, -0.1) is 0 Å². The smallest absolute Gasteiger partial charge is 0.250 e. The molecule has 0 saturated carbocycles. The number of likely N-dealkylation sites (tertiary alicyclic amines) is 1. The van der Waals surface area contributed by atoms with Crippen molar-refractivity contribution in [2.45, 2.75) is 25.7 Å². The Balaban J connectivity index is 1.64. The summed E-state index contributed by atoms with van der Waals surface area (Å²) in [6.45, 7) is 3.83. The lowest BCUT2D eigenvalue weighted by Gasteiger charge is -2.21. The number of rotatable bonds is 5. The molecule has 2 aromatic rings. The molecule has 3 rings (SSSR count). The monoisotopic (exact) mass is 332 g/mol. The summed E-state index contributed by atoms with van der Waals surface area (Å²) in [5, 5.41) is 3.78. The maximum absolute atomic E-state index is 11.9.